The highest BCUT2D eigenvalue weighted by atomic mass is 16.5. The summed E-state index contributed by atoms with van der Waals surface area (Å²) >= 11 is 0. The highest BCUT2D eigenvalue weighted by molar-refractivity contribution is 5.34. The third kappa shape index (κ3) is 2.79. The van der Waals surface area contributed by atoms with Gasteiger partial charge in [-0.15, -0.1) is 0 Å². The molecule has 25 heavy (non-hydrogen) atoms. The molecule has 1 aromatic heterocycles. The highest BCUT2D eigenvalue weighted by Gasteiger charge is 2.57. The zero-order valence-corrected chi connectivity index (χ0v) is 14.7. The van der Waals surface area contributed by atoms with Crippen molar-refractivity contribution in [3.63, 3.8) is 0 Å². The molecule has 1 atom stereocenters. The van der Waals surface area contributed by atoms with Gasteiger partial charge in [-0.2, -0.15) is 5.10 Å². The molecule has 0 amide bonds. The Hall–Kier alpha value is -1.72. The average Bonchev–Trinajstić information content (AvgIpc) is 3.17. The van der Waals surface area contributed by atoms with E-state index < -0.39 is 0 Å². The Bertz CT molecular complexity index is 729. The molecule has 3 aliphatic rings. The molecule has 5 heteroatoms. The number of piperidine rings is 1. The summed E-state index contributed by atoms with van der Waals surface area (Å²) in [4.78, 5) is 5.10. The molecule has 1 N–H and O–H groups in total. The SMILES string of the molecule is c1ccc(-n2nc(C3CCOCC3)nc2[C@H]2CC23CCNCC3)cc1. The topological polar surface area (TPSA) is 52.0 Å². The maximum absolute atomic E-state index is 5.52. The number of ether oxygens (including phenoxy) is 1. The Balaban J connectivity index is 1.51. The van der Waals surface area contributed by atoms with E-state index in [0.717, 1.165) is 50.7 Å². The smallest absolute Gasteiger partial charge is 0.154 e. The molecule has 1 aromatic carbocycles. The van der Waals surface area contributed by atoms with Crippen LogP contribution in [0.2, 0.25) is 0 Å². The molecule has 5 nitrogen and oxygen atoms in total. The van der Waals surface area contributed by atoms with E-state index in [1.807, 2.05) is 0 Å². The number of nitrogens with one attached hydrogen (secondary N) is 1. The van der Waals surface area contributed by atoms with Crippen LogP contribution < -0.4 is 5.32 Å². The average molecular weight is 338 g/mol. The number of hydrogen-bond acceptors (Lipinski definition) is 4. The third-order valence-electron chi connectivity index (χ3n) is 6.34. The minimum absolute atomic E-state index is 0.445. The van der Waals surface area contributed by atoms with Crippen molar-refractivity contribution in [2.45, 2.75) is 43.9 Å². The molecular formula is C20H26N4O. The second-order valence-corrected chi connectivity index (χ2v) is 7.83. The Morgan fingerprint density at radius 1 is 1.08 bits per heavy atom. The Morgan fingerprint density at radius 3 is 2.60 bits per heavy atom. The zero-order chi connectivity index (χ0) is 16.7. The lowest BCUT2D eigenvalue weighted by Crippen LogP contribution is -2.29. The molecule has 1 aliphatic carbocycles. The van der Waals surface area contributed by atoms with E-state index in [4.69, 9.17) is 14.8 Å². The monoisotopic (exact) mass is 338 g/mol. The second-order valence-electron chi connectivity index (χ2n) is 7.83. The molecule has 5 rings (SSSR count). The first-order chi connectivity index (χ1) is 12.4. The normalized spacial score (nSPS) is 26.0. The zero-order valence-electron chi connectivity index (χ0n) is 14.7. The summed E-state index contributed by atoms with van der Waals surface area (Å²) in [6, 6.07) is 10.5. The Kier molecular flexibility index (Phi) is 3.86. The molecule has 0 radical (unpaired) electrons. The van der Waals surface area contributed by atoms with Gasteiger partial charge in [0.1, 0.15) is 5.82 Å². The van der Waals surface area contributed by atoms with E-state index in [2.05, 4.69) is 40.3 Å². The standard InChI is InChI=1S/C20H26N4O/c1-2-4-16(5-3-1)24-19(17-14-20(17)8-10-21-11-9-20)22-18(23-24)15-6-12-25-13-7-15/h1-5,15,17,21H,6-14H2/t17-/m1/s1. The van der Waals surface area contributed by atoms with Crippen molar-refractivity contribution >= 4 is 0 Å². The van der Waals surface area contributed by atoms with Crippen molar-refractivity contribution in [3.05, 3.63) is 42.0 Å². The van der Waals surface area contributed by atoms with Gasteiger partial charge in [-0.1, -0.05) is 18.2 Å². The summed E-state index contributed by atoms with van der Waals surface area (Å²) in [5.74, 6) is 3.23. The number of hydrogen-bond donors (Lipinski definition) is 1. The van der Waals surface area contributed by atoms with Crippen LogP contribution in [0.25, 0.3) is 5.69 Å². The lowest BCUT2D eigenvalue weighted by Gasteiger charge is -2.23. The van der Waals surface area contributed by atoms with Gasteiger partial charge in [0, 0.05) is 25.0 Å². The highest BCUT2D eigenvalue weighted by Crippen LogP contribution is 2.64. The van der Waals surface area contributed by atoms with Gasteiger partial charge in [0.15, 0.2) is 5.82 Å². The first kappa shape index (κ1) is 15.5. The first-order valence-electron chi connectivity index (χ1n) is 9.66. The fourth-order valence-electron chi connectivity index (χ4n) is 4.64. The van der Waals surface area contributed by atoms with Crippen molar-refractivity contribution in [1.82, 2.24) is 20.1 Å². The maximum Gasteiger partial charge on any atom is 0.154 e. The van der Waals surface area contributed by atoms with Crippen molar-refractivity contribution < 1.29 is 4.74 Å². The van der Waals surface area contributed by atoms with Crippen molar-refractivity contribution in [1.29, 1.82) is 0 Å². The molecule has 2 saturated heterocycles. The molecule has 3 fully saturated rings. The molecule has 1 saturated carbocycles. The van der Waals surface area contributed by atoms with Crippen LogP contribution in [0.5, 0.6) is 0 Å². The van der Waals surface area contributed by atoms with Gasteiger partial charge >= 0.3 is 0 Å². The number of nitrogens with zero attached hydrogens (tertiary/aromatic N) is 3. The number of para-hydroxylation sites is 1. The van der Waals surface area contributed by atoms with Gasteiger partial charge in [-0.3, -0.25) is 0 Å². The summed E-state index contributed by atoms with van der Waals surface area (Å²) in [5.41, 5.74) is 1.61. The number of rotatable bonds is 3. The summed E-state index contributed by atoms with van der Waals surface area (Å²) in [6.07, 6.45) is 5.89. The van der Waals surface area contributed by atoms with Crippen molar-refractivity contribution in [2.24, 2.45) is 5.41 Å². The van der Waals surface area contributed by atoms with E-state index in [0.29, 0.717) is 17.3 Å². The Morgan fingerprint density at radius 2 is 1.84 bits per heavy atom. The van der Waals surface area contributed by atoms with Crippen molar-refractivity contribution in [2.75, 3.05) is 26.3 Å². The quantitative estimate of drug-likeness (QED) is 0.935. The van der Waals surface area contributed by atoms with Crippen LogP contribution in [-0.4, -0.2) is 41.1 Å². The van der Waals surface area contributed by atoms with E-state index >= 15 is 0 Å². The molecular weight excluding hydrogens is 312 g/mol. The summed E-state index contributed by atoms with van der Waals surface area (Å²) in [5, 5.41) is 8.48. The van der Waals surface area contributed by atoms with Gasteiger partial charge in [-0.25, -0.2) is 9.67 Å². The van der Waals surface area contributed by atoms with E-state index in [9.17, 15) is 0 Å². The molecule has 2 aliphatic heterocycles. The molecule has 2 aromatic rings. The number of aromatic nitrogens is 3. The largest absolute Gasteiger partial charge is 0.381 e. The summed E-state index contributed by atoms with van der Waals surface area (Å²) in [6.45, 7) is 3.95. The van der Waals surface area contributed by atoms with Crippen LogP contribution in [0.1, 0.15) is 55.6 Å². The van der Waals surface area contributed by atoms with Gasteiger partial charge in [0.25, 0.3) is 0 Å². The van der Waals surface area contributed by atoms with Crippen LogP contribution >= 0.6 is 0 Å². The van der Waals surface area contributed by atoms with Gasteiger partial charge in [0.05, 0.1) is 5.69 Å². The molecule has 0 bridgehead atoms. The van der Waals surface area contributed by atoms with Gasteiger partial charge in [-0.05, 0) is 62.7 Å². The van der Waals surface area contributed by atoms with Crippen LogP contribution in [0, 0.1) is 5.41 Å². The fourth-order valence-corrected chi connectivity index (χ4v) is 4.64. The summed E-state index contributed by atoms with van der Waals surface area (Å²) in [7, 11) is 0. The lowest BCUT2D eigenvalue weighted by molar-refractivity contribution is 0.0836. The predicted octanol–water partition coefficient (Wildman–Crippen LogP) is 3.02. The van der Waals surface area contributed by atoms with E-state index in [1.165, 1.54) is 25.1 Å². The van der Waals surface area contributed by atoms with Crippen molar-refractivity contribution in [3.8, 4) is 5.69 Å². The van der Waals surface area contributed by atoms with Crippen LogP contribution in [0.3, 0.4) is 0 Å². The van der Waals surface area contributed by atoms with Gasteiger partial charge < -0.3 is 10.1 Å². The first-order valence-corrected chi connectivity index (χ1v) is 9.66. The van der Waals surface area contributed by atoms with E-state index in [1.54, 1.807) is 0 Å². The summed E-state index contributed by atoms with van der Waals surface area (Å²) < 4.78 is 7.65. The van der Waals surface area contributed by atoms with Crippen LogP contribution in [0.15, 0.2) is 30.3 Å². The van der Waals surface area contributed by atoms with Crippen LogP contribution in [-0.2, 0) is 4.74 Å². The maximum atomic E-state index is 5.52. The van der Waals surface area contributed by atoms with Gasteiger partial charge in [0.2, 0.25) is 0 Å². The molecule has 0 unspecified atom stereocenters. The Labute approximate surface area is 148 Å². The molecule has 3 heterocycles. The fraction of sp³-hybridized carbons (Fsp3) is 0.600. The number of benzene rings is 1. The minimum atomic E-state index is 0.445. The van der Waals surface area contributed by atoms with Crippen LogP contribution in [0.4, 0.5) is 0 Å². The third-order valence-corrected chi connectivity index (χ3v) is 6.34. The lowest BCUT2D eigenvalue weighted by atomic mass is 9.91. The molecule has 1 spiro atoms. The van der Waals surface area contributed by atoms with E-state index in [-0.39, 0.29) is 0 Å². The molecule has 132 valence electrons. The predicted molar refractivity (Wildman–Crippen MR) is 96.0 cm³/mol. The minimum Gasteiger partial charge on any atom is -0.381 e. The second kappa shape index (κ2) is 6.22.